The summed E-state index contributed by atoms with van der Waals surface area (Å²) in [6.07, 6.45) is -0.829. The lowest BCUT2D eigenvalue weighted by molar-refractivity contribution is -0.144. The zero-order valence-electron chi connectivity index (χ0n) is 8.87. The molecule has 0 bridgehead atoms. The van der Waals surface area contributed by atoms with Crippen LogP contribution in [0.15, 0.2) is 16.6 Å². The van der Waals surface area contributed by atoms with Crippen molar-refractivity contribution in [1.29, 1.82) is 0 Å². The second kappa shape index (κ2) is 4.66. The van der Waals surface area contributed by atoms with Gasteiger partial charge in [-0.2, -0.15) is 0 Å². The van der Waals surface area contributed by atoms with E-state index < -0.39 is 12.1 Å². The van der Waals surface area contributed by atoms with Crippen molar-refractivity contribution in [2.24, 2.45) is 0 Å². The third kappa shape index (κ3) is 2.96. The van der Waals surface area contributed by atoms with Crippen LogP contribution in [0.25, 0.3) is 0 Å². The van der Waals surface area contributed by atoms with E-state index in [-0.39, 0.29) is 0 Å². The van der Waals surface area contributed by atoms with Crippen LogP contribution in [0, 0.1) is 13.8 Å². The average Bonchev–Trinajstić information content (AvgIpc) is 2.13. The fourth-order valence-corrected chi connectivity index (χ4v) is 1.46. The zero-order valence-corrected chi connectivity index (χ0v) is 10.5. The van der Waals surface area contributed by atoms with Gasteiger partial charge >= 0.3 is 5.97 Å². The van der Waals surface area contributed by atoms with Gasteiger partial charge in [-0.3, -0.25) is 0 Å². The van der Waals surface area contributed by atoms with Crippen molar-refractivity contribution in [3.8, 4) is 5.75 Å². The molecule has 0 saturated heterocycles. The molecule has 82 valence electrons. The van der Waals surface area contributed by atoms with Gasteiger partial charge in [0.2, 0.25) is 0 Å². The van der Waals surface area contributed by atoms with E-state index >= 15 is 0 Å². The van der Waals surface area contributed by atoms with E-state index in [2.05, 4.69) is 15.9 Å². The topological polar surface area (TPSA) is 46.5 Å². The number of ether oxygens (including phenoxy) is 1. The van der Waals surface area contributed by atoms with E-state index in [1.54, 1.807) is 0 Å². The van der Waals surface area contributed by atoms with Gasteiger partial charge in [0.1, 0.15) is 5.75 Å². The minimum absolute atomic E-state index is 0.586. The molecule has 0 unspecified atom stereocenters. The second-order valence-electron chi connectivity index (χ2n) is 3.47. The van der Waals surface area contributed by atoms with Crippen molar-refractivity contribution in [1.82, 2.24) is 0 Å². The van der Waals surface area contributed by atoms with Crippen LogP contribution in [0.3, 0.4) is 0 Å². The van der Waals surface area contributed by atoms with Gasteiger partial charge in [0.05, 0.1) is 0 Å². The highest BCUT2D eigenvalue weighted by atomic mass is 79.9. The summed E-state index contributed by atoms with van der Waals surface area (Å²) in [6, 6.07) is 3.63. The Balaban J connectivity index is 2.92. The minimum atomic E-state index is -0.965. The third-order valence-electron chi connectivity index (χ3n) is 2.07. The Morgan fingerprint density at radius 3 is 2.27 bits per heavy atom. The molecule has 1 rings (SSSR count). The molecule has 1 aromatic rings. The molecular formula is C11H13BrO3. The van der Waals surface area contributed by atoms with Gasteiger partial charge < -0.3 is 9.84 Å². The van der Waals surface area contributed by atoms with Crippen molar-refractivity contribution in [2.75, 3.05) is 0 Å². The molecule has 0 aromatic heterocycles. The van der Waals surface area contributed by atoms with Gasteiger partial charge in [-0.15, -0.1) is 0 Å². The number of carboxylic acids is 1. The fourth-order valence-electron chi connectivity index (χ4n) is 1.23. The molecule has 1 N–H and O–H groups in total. The molecule has 0 aliphatic carbocycles. The SMILES string of the molecule is Cc1cc(O[C@@H](C)C(=O)O)cc(C)c1Br. The first-order valence-electron chi connectivity index (χ1n) is 4.58. The smallest absolute Gasteiger partial charge is 0.344 e. The normalized spacial score (nSPS) is 12.3. The van der Waals surface area contributed by atoms with E-state index in [1.807, 2.05) is 26.0 Å². The zero-order chi connectivity index (χ0) is 11.6. The number of hydrogen-bond acceptors (Lipinski definition) is 2. The van der Waals surface area contributed by atoms with Crippen LogP contribution in [0.4, 0.5) is 0 Å². The lowest BCUT2D eigenvalue weighted by atomic mass is 10.1. The van der Waals surface area contributed by atoms with E-state index in [0.717, 1.165) is 15.6 Å². The Morgan fingerprint density at radius 1 is 1.40 bits per heavy atom. The summed E-state index contributed by atoms with van der Waals surface area (Å²) in [6.45, 7) is 5.39. The van der Waals surface area contributed by atoms with E-state index in [1.165, 1.54) is 6.92 Å². The molecule has 0 aliphatic rings. The predicted octanol–water partition coefficient (Wildman–Crippen LogP) is 2.92. The fraction of sp³-hybridized carbons (Fsp3) is 0.364. The van der Waals surface area contributed by atoms with Crippen LogP contribution in [0.2, 0.25) is 0 Å². The first-order chi connectivity index (χ1) is 6.91. The minimum Gasteiger partial charge on any atom is -0.479 e. The number of aliphatic carboxylic acids is 1. The summed E-state index contributed by atoms with van der Waals surface area (Å²) in [4.78, 5) is 10.6. The summed E-state index contributed by atoms with van der Waals surface area (Å²) in [5.74, 6) is -0.378. The molecule has 4 heteroatoms. The molecule has 0 saturated carbocycles. The largest absolute Gasteiger partial charge is 0.479 e. The summed E-state index contributed by atoms with van der Waals surface area (Å²) in [5, 5.41) is 8.70. The van der Waals surface area contributed by atoms with Crippen LogP contribution >= 0.6 is 15.9 Å². The molecule has 1 aromatic carbocycles. The van der Waals surface area contributed by atoms with Gasteiger partial charge in [-0.25, -0.2) is 4.79 Å². The lowest BCUT2D eigenvalue weighted by Crippen LogP contribution is -2.22. The van der Waals surface area contributed by atoms with Crippen molar-refractivity contribution in [3.63, 3.8) is 0 Å². The van der Waals surface area contributed by atoms with E-state index in [9.17, 15) is 4.79 Å². The molecule has 0 heterocycles. The summed E-state index contributed by atoms with van der Waals surface area (Å²) < 4.78 is 6.30. The average molecular weight is 273 g/mol. The molecule has 1 atom stereocenters. The van der Waals surface area contributed by atoms with E-state index in [4.69, 9.17) is 9.84 Å². The molecule has 0 amide bonds. The molecule has 0 spiro atoms. The van der Waals surface area contributed by atoms with Crippen LogP contribution in [-0.2, 0) is 4.79 Å². The predicted molar refractivity (Wildman–Crippen MR) is 61.3 cm³/mol. The highest BCUT2D eigenvalue weighted by molar-refractivity contribution is 9.10. The van der Waals surface area contributed by atoms with Crippen LogP contribution < -0.4 is 4.74 Å². The van der Waals surface area contributed by atoms with Crippen LogP contribution in [-0.4, -0.2) is 17.2 Å². The number of carbonyl (C=O) groups is 1. The first-order valence-corrected chi connectivity index (χ1v) is 5.37. The van der Waals surface area contributed by atoms with Gasteiger partial charge in [-0.05, 0) is 44.0 Å². The maximum atomic E-state index is 10.6. The Labute approximate surface area is 97.2 Å². The molecule has 0 aliphatic heterocycles. The lowest BCUT2D eigenvalue weighted by Gasteiger charge is -2.12. The van der Waals surface area contributed by atoms with Gasteiger partial charge in [0.25, 0.3) is 0 Å². The molecule has 15 heavy (non-hydrogen) atoms. The number of benzene rings is 1. The number of carboxylic acid groups (broad SMARTS) is 1. The van der Waals surface area contributed by atoms with Crippen molar-refractivity contribution in [2.45, 2.75) is 26.9 Å². The first kappa shape index (κ1) is 12.0. The van der Waals surface area contributed by atoms with Crippen molar-refractivity contribution < 1.29 is 14.6 Å². The number of halogens is 1. The Hall–Kier alpha value is -1.03. The second-order valence-corrected chi connectivity index (χ2v) is 4.26. The molecular weight excluding hydrogens is 260 g/mol. The van der Waals surface area contributed by atoms with Gasteiger partial charge in [0, 0.05) is 4.47 Å². The highest BCUT2D eigenvalue weighted by Gasteiger charge is 2.13. The maximum absolute atomic E-state index is 10.6. The van der Waals surface area contributed by atoms with Crippen LogP contribution in [0.5, 0.6) is 5.75 Å². The number of aryl methyl sites for hydroxylation is 2. The maximum Gasteiger partial charge on any atom is 0.344 e. The highest BCUT2D eigenvalue weighted by Crippen LogP contribution is 2.26. The van der Waals surface area contributed by atoms with E-state index in [0.29, 0.717) is 5.75 Å². The molecule has 0 radical (unpaired) electrons. The molecule has 0 fully saturated rings. The van der Waals surface area contributed by atoms with Gasteiger partial charge in [0.15, 0.2) is 6.10 Å². The Kier molecular flexibility index (Phi) is 3.74. The van der Waals surface area contributed by atoms with Crippen molar-refractivity contribution in [3.05, 3.63) is 27.7 Å². The third-order valence-corrected chi connectivity index (χ3v) is 3.32. The Bertz CT molecular complexity index is 364. The standard InChI is InChI=1S/C11H13BrO3/c1-6-4-9(5-7(2)10(6)12)15-8(3)11(13)14/h4-5,8H,1-3H3,(H,13,14)/t8-/m0/s1. The quantitative estimate of drug-likeness (QED) is 0.921. The van der Waals surface area contributed by atoms with Gasteiger partial charge in [-0.1, -0.05) is 15.9 Å². The van der Waals surface area contributed by atoms with Crippen molar-refractivity contribution >= 4 is 21.9 Å². The number of rotatable bonds is 3. The molecule has 3 nitrogen and oxygen atoms in total. The summed E-state index contributed by atoms with van der Waals surface area (Å²) >= 11 is 3.44. The monoisotopic (exact) mass is 272 g/mol. The van der Waals surface area contributed by atoms with Crippen LogP contribution in [0.1, 0.15) is 18.1 Å². The Morgan fingerprint density at radius 2 is 1.87 bits per heavy atom. The summed E-state index contributed by atoms with van der Waals surface area (Å²) in [5.41, 5.74) is 2.06. The summed E-state index contributed by atoms with van der Waals surface area (Å²) in [7, 11) is 0. The number of hydrogen-bond donors (Lipinski definition) is 1.